The molecule has 2 aromatic heterocycles. The number of hydrogen-bond donors (Lipinski definition) is 1. The molecule has 4 heterocycles. The number of benzene rings is 1. The summed E-state index contributed by atoms with van der Waals surface area (Å²) in [6, 6.07) is 5.67. The van der Waals surface area contributed by atoms with Gasteiger partial charge < -0.3 is 14.9 Å². The summed E-state index contributed by atoms with van der Waals surface area (Å²) >= 11 is 0. The minimum atomic E-state index is -4.50. The van der Waals surface area contributed by atoms with Crippen LogP contribution in [0.1, 0.15) is 18.0 Å². The highest BCUT2D eigenvalue weighted by atomic mass is 19.4. The number of carbonyl (C=O) groups is 2. The summed E-state index contributed by atoms with van der Waals surface area (Å²) in [7, 11) is 0. The van der Waals surface area contributed by atoms with Gasteiger partial charge in [-0.05, 0) is 18.2 Å². The molecule has 0 radical (unpaired) electrons. The van der Waals surface area contributed by atoms with Gasteiger partial charge in [0, 0.05) is 37.8 Å². The summed E-state index contributed by atoms with van der Waals surface area (Å²) in [5, 5.41) is 14.6. The average Bonchev–Trinajstić information content (AvgIpc) is 3.33. The molecule has 2 saturated heterocycles. The van der Waals surface area contributed by atoms with Crippen LogP contribution >= 0.6 is 0 Å². The van der Waals surface area contributed by atoms with E-state index in [-0.39, 0.29) is 26.1 Å². The van der Waals surface area contributed by atoms with Gasteiger partial charge in [0.05, 0.1) is 17.3 Å². The van der Waals surface area contributed by atoms with Crippen molar-refractivity contribution in [3.05, 3.63) is 54.5 Å². The van der Waals surface area contributed by atoms with E-state index in [0.29, 0.717) is 28.0 Å². The Kier molecular flexibility index (Phi) is 5.35. The van der Waals surface area contributed by atoms with Crippen molar-refractivity contribution in [3.63, 3.8) is 0 Å². The van der Waals surface area contributed by atoms with Gasteiger partial charge in [-0.15, -0.1) is 0 Å². The lowest BCUT2D eigenvalue weighted by atomic mass is 10.1. The minimum absolute atomic E-state index is 0.121. The Hall–Kier alpha value is -3.80. The van der Waals surface area contributed by atoms with Crippen LogP contribution in [0.2, 0.25) is 0 Å². The van der Waals surface area contributed by atoms with Crippen molar-refractivity contribution in [1.82, 2.24) is 19.7 Å². The molecular weight excluding hydrogens is 470 g/mol. The highest BCUT2D eigenvalue weighted by Crippen LogP contribution is 2.38. The normalized spacial score (nSPS) is 18.9. The van der Waals surface area contributed by atoms with Gasteiger partial charge in [0.2, 0.25) is 0 Å². The Morgan fingerprint density at radius 2 is 1.83 bits per heavy atom. The smallest absolute Gasteiger partial charge is 0.383 e. The monoisotopic (exact) mass is 489 g/mol. The van der Waals surface area contributed by atoms with Crippen LogP contribution in [0.5, 0.6) is 0 Å². The van der Waals surface area contributed by atoms with Crippen LogP contribution in [0.25, 0.3) is 22.3 Å². The number of pyridine rings is 1. The van der Waals surface area contributed by atoms with Crippen LogP contribution < -0.4 is 4.90 Å². The molecule has 2 aliphatic rings. The summed E-state index contributed by atoms with van der Waals surface area (Å²) in [4.78, 5) is 31.5. The van der Waals surface area contributed by atoms with Crippen LogP contribution in [-0.4, -0.2) is 62.3 Å². The molecular formula is C23H19F4N5O3. The Morgan fingerprint density at radius 1 is 1.14 bits per heavy atom. The summed E-state index contributed by atoms with van der Waals surface area (Å²) < 4.78 is 53.9. The van der Waals surface area contributed by atoms with E-state index in [1.165, 1.54) is 28.1 Å². The Labute approximate surface area is 196 Å². The third kappa shape index (κ3) is 3.83. The first-order chi connectivity index (χ1) is 16.6. The first-order valence-corrected chi connectivity index (χ1v) is 10.7. The number of carbonyl (C=O) groups excluding carboxylic acids is 2. The summed E-state index contributed by atoms with van der Waals surface area (Å²) in [5.74, 6) is -2.41. The summed E-state index contributed by atoms with van der Waals surface area (Å²) in [6.45, 7) is 3.52. The molecule has 1 unspecified atom stereocenters. The van der Waals surface area contributed by atoms with E-state index < -0.39 is 41.5 Å². The van der Waals surface area contributed by atoms with E-state index >= 15 is 0 Å². The quantitative estimate of drug-likeness (QED) is 0.449. The second kappa shape index (κ2) is 8.15. The maximum atomic E-state index is 13.3. The minimum Gasteiger partial charge on any atom is -0.383 e. The number of fused-ring (bicyclic) bond motifs is 1. The first kappa shape index (κ1) is 23.0. The third-order valence-electron chi connectivity index (χ3n) is 6.25. The van der Waals surface area contributed by atoms with Crippen molar-refractivity contribution < 1.29 is 32.3 Å². The molecule has 182 valence electrons. The van der Waals surface area contributed by atoms with Gasteiger partial charge in [-0.3, -0.25) is 19.3 Å². The lowest BCUT2D eigenvalue weighted by molar-refractivity contribution is -0.137. The topological polar surface area (TPSA) is 91.6 Å². The van der Waals surface area contributed by atoms with Gasteiger partial charge in [0.15, 0.2) is 5.83 Å². The molecule has 0 saturated carbocycles. The van der Waals surface area contributed by atoms with Crippen molar-refractivity contribution in [3.8, 4) is 11.3 Å². The van der Waals surface area contributed by atoms with Crippen molar-refractivity contribution >= 4 is 28.5 Å². The maximum absolute atomic E-state index is 13.3. The third-order valence-corrected chi connectivity index (χ3v) is 6.25. The zero-order valence-electron chi connectivity index (χ0n) is 18.2. The van der Waals surface area contributed by atoms with Gasteiger partial charge >= 0.3 is 6.18 Å². The predicted molar refractivity (Wildman–Crippen MR) is 117 cm³/mol. The molecule has 0 bridgehead atoms. The molecule has 1 N–H and O–H groups in total. The van der Waals surface area contributed by atoms with Gasteiger partial charge in [0.1, 0.15) is 22.8 Å². The molecule has 2 fully saturated rings. The zero-order valence-corrected chi connectivity index (χ0v) is 18.2. The summed E-state index contributed by atoms with van der Waals surface area (Å²) in [5.41, 5.74) is 1.07. The Morgan fingerprint density at radius 3 is 2.40 bits per heavy atom. The van der Waals surface area contributed by atoms with Crippen molar-refractivity contribution in [1.29, 1.82) is 0 Å². The fraction of sp³-hybridized carbons (Fsp3) is 0.304. The summed E-state index contributed by atoms with van der Waals surface area (Å²) in [6.07, 6.45) is -3.94. The van der Waals surface area contributed by atoms with Crippen LogP contribution in [0.4, 0.5) is 23.2 Å². The maximum Gasteiger partial charge on any atom is 0.416 e. The molecule has 12 heteroatoms. The standard InChI is InChI=1S/C23H19F4N5O3/c1-12(24)21(34)30-10-15(11-30)32-20-16(31-9-7-17(33)22(31)35)6-8-28-19(20)18(29-32)13-2-4-14(5-3-13)23(25,26)27/h2-6,8,15,17,33H,1,7,9-11H2. The molecule has 35 heavy (non-hydrogen) atoms. The van der Waals surface area contributed by atoms with Gasteiger partial charge in [-0.25, -0.2) is 4.39 Å². The van der Waals surface area contributed by atoms with Gasteiger partial charge in [0.25, 0.3) is 11.8 Å². The van der Waals surface area contributed by atoms with Crippen molar-refractivity contribution in [2.75, 3.05) is 24.5 Å². The second-order valence-electron chi connectivity index (χ2n) is 8.46. The average molecular weight is 489 g/mol. The zero-order chi connectivity index (χ0) is 25.1. The number of halogens is 4. The highest BCUT2D eigenvalue weighted by molar-refractivity contribution is 6.07. The molecule has 8 nitrogen and oxygen atoms in total. The number of anilines is 1. The van der Waals surface area contributed by atoms with E-state index in [9.17, 15) is 32.3 Å². The lowest BCUT2D eigenvalue weighted by Gasteiger charge is -2.39. The number of aromatic nitrogens is 3. The lowest BCUT2D eigenvalue weighted by Crippen LogP contribution is -2.51. The number of nitrogens with zero attached hydrogens (tertiary/aromatic N) is 5. The van der Waals surface area contributed by atoms with Crippen LogP contribution in [-0.2, 0) is 15.8 Å². The van der Waals surface area contributed by atoms with E-state index in [2.05, 4.69) is 16.7 Å². The fourth-order valence-electron chi connectivity index (χ4n) is 4.39. The van der Waals surface area contributed by atoms with E-state index in [1.54, 1.807) is 10.7 Å². The molecule has 0 aliphatic carbocycles. The molecule has 0 spiro atoms. The van der Waals surface area contributed by atoms with Crippen LogP contribution in [0, 0.1) is 0 Å². The number of aliphatic hydroxyl groups is 1. The molecule has 1 atom stereocenters. The van der Waals surface area contributed by atoms with Gasteiger partial charge in [-0.2, -0.15) is 18.3 Å². The van der Waals surface area contributed by atoms with Crippen LogP contribution in [0.15, 0.2) is 48.9 Å². The number of alkyl halides is 3. The van der Waals surface area contributed by atoms with Crippen molar-refractivity contribution in [2.45, 2.75) is 24.7 Å². The molecule has 1 aromatic carbocycles. The Bertz CT molecular complexity index is 1350. The SMILES string of the molecule is C=C(F)C(=O)N1CC(n2nc(-c3ccc(C(F)(F)F)cc3)c3nccc(N4CCC(O)C4=O)c32)C1. The second-order valence-corrected chi connectivity index (χ2v) is 8.46. The van der Waals surface area contributed by atoms with E-state index in [1.807, 2.05) is 0 Å². The number of likely N-dealkylation sites (tertiary alicyclic amines) is 1. The molecule has 5 rings (SSSR count). The van der Waals surface area contributed by atoms with Gasteiger partial charge in [-0.1, -0.05) is 18.7 Å². The highest BCUT2D eigenvalue weighted by Gasteiger charge is 2.38. The fourth-order valence-corrected chi connectivity index (χ4v) is 4.39. The molecule has 3 aromatic rings. The van der Waals surface area contributed by atoms with Crippen LogP contribution in [0.3, 0.4) is 0 Å². The van der Waals surface area contributed by atoms with Crippen molar-refractivity contribution in [2.24, 2.45) is 0 Å². The Balaban J connectivity index is 1.62. The predicted octanol–water partition coefficient (Wildman–Crippen LogP) is 3.08. The van der Waals surface area contributed by atoms with E-state index in [4.69, 9.17) is 0 Å². The number of amides is 2. The number of aliphatic hydroxyl groups excluding tert-OH is 1. The largest absolute Gasteiger partial charge is 0.416 e. The molecule has 2 aliphatic heterocycles. The number of rotatable bonds is 4. The molecule has 2 amide bonds. The number of hydrogen-bond acceptors (Lipinski definition) is 5. The van der Waals surface area contributed by atoms with E-state index in [0.717, 1.165) is 12.1 Å². The first-order valence-electron chi connectivity index (χ1n) is 10.7.